The van der Waals surface area contributed by atoms with Crippen molar-refractivity contribution in [2.75, 3.05) is 7.11 Å². The molecule has 1 amide bonds. The van der Waals surface area contributed by atoms with E-state index in [-0.39, 0.29) is 11.0 Å². The number of pyridine rings is 2. The van der Waals surface area contributed by atoms with Crippen molar-refractivity contribution < 1.29 is 9.53 Å². The number of rotatable bonds is 4. The SMILES string of the molecule is COc1cccc2c(=O)c(C(=O)NC(C)c3nnc4ccccn34)c[nH]c12. The third kappa shape index (κ3) is 2.80. The maximum atomic E-state index is 12.7. The molecule has 0 radical (unpaired) electrons. The number of fused-ring (bicyclic) bond motifs is 2. The Bertz CT molecular complexity index is 1210. The van der Waals surface area contributed by atoms with Gasteiger partial charge in [-0.1, -0.05) is 12.1 Å². The predicted octanol–water partition coefficient (Wildman–Crippen LogP) is 2.07. The Labute approximate surface area is 153 Å². The fourth-order valence-corrected chi connectivity index (χ4v) is 3.06. The van der Waals surface area contributed by atoms with E-state index in [1.54, 1.807) is 29.5 Å². The summed E-state index contributed by atoms with van der Waals surface area (Å²) < 4.78 is 7.04. The quantitative estimate of drug-likeness (QED) is 0.578. The zero-order valence-corrected chi connectivity index (χ0v) is 14.8. The highest BCUT2D eigenvalue weighted by Gasteiger charge is 2.19. The molecule has 0 aliphatic heterocycles. The number of carbonyl (C=O) groups is 1. The summed E-state index contributed by atoms with van der Waals surface area (Å²) in [5, 5.41) is 11.4. The van der Waals surface area contributed by atoms with Gasteiger partial charge >= 0.3 is 0 Å². The zero-order valence-electron chi connectivity index (χ0n) is 14.8. The highest BCUT2D eigenvalue weighted by molar-refractivity contribution is 5.98. The van der Waals surface area contributed by atoms with Gasteiger partial charge in [-0.3, -0.25) is 14.0 Å². The van der Waals surface area contributed by atoms with E-state index in [1.807, 2.05) is 24.4 Å². The van der Waals surface area contributed by atoms with Crippen LogP contribution in [0.3, 0.4) is 0 Å². The van der Waals surface area contributed by atoms with Crippen LogP contribution < -0.4 is 15.5 Å². The van der Waals surface area contributed by atoms with Gasteiger partial charge in [-0.2, -0.15) is 0 Å². The lowest BCUT2D eigenvalue weighted by atomic mass is 10.1. The minimum atomic E-state index is -0.485. The molecule has 3 heterocycles. The number of carbonyl (C=O) groups excluding carboxylic acids is 1. The molecule has 8 heteroatoms. The molecular weight excluding hydrogens is 346 g/mol. The molecule has 27 heavy (non-hydrogen) atoms. The zero-order chi connectivity index (χ0) is 19.0. The molecule has 1 unspecified atom stereocenters. The van der Waals surface area contributed by atoms with Gasteiger partial charge in [-0.05, 0) is 31.2 Å². The average Bonchev–Trinajstić information content (AvgIpc) is 3.12. The molecule has 0 aliphatic rings. The number of nitrogens with one attached hydrogen (secondary N) is 2. The largest absolute Gasteiger partial charge is 0.495 e. The minimum absolute atomic E-state index is 0.0245. The number of H-pyrrole nitrogens is 1. The second-order valence-corrected chi connectivity index (χ2v) is 6.10. The van der Waals surface area contributed by atoms with Crippen molar-refractivity contribution in [2.45, 2.75) is 13.0 Å². The lowest BCUT2D eigenvalue weighted by molar-refractivity contribution is 0.0937. The topological polar surface area (TPSA) is 101 Å². The summed E-state index contributed by atoms with van der Waals surface area (Å²) in [6, 6.07) is 10.2. The van der Waals surface area contributed by atoms with Gasteiger partial charge in [0, 0.05) is 12.4 Å². The number of nitrogens with zero attached hydrogens (tertiary/aromatic N) is 3. The Kier molecular flexibility index (Phi) is 4.08. The van der Waals surface area contributed by atoms with E-state index in [1.165, 1.54) is 13.3 Å². The van der Waals surface area contributed by atoms with Crippen LogP contribution in [0, 0.1) is 0 Å². The summed E-state index contributed by atoms with van der Waals surface area (Å²) in [4.78, 5) is 28.4. The molecule has 3 aromatic heterocycles. The third-order valence-electron chi connectivity index (χ3n) is 4.42. The Balaban J connectivity index is 1.67. The van der Waals surface area contributed by atoms with E-state index in [9.17, 15) is 9.59 Å². The van der Waals surface area contributed by atoms with Gasteiger partial charge in [0.15, 0.2) is 11.5 Å². The number of aromatic nitrogens is 4. The number of amides is 1. The Morgan fingerprint density at radius 1 is 1.22 bits per heavy atom. The van der Waals surface area contributed by atoms with Gasteiger partial charge in [0.2, 0.25) is 5.43 Å². The van der Waals surface area contributed by atoms with E-state index >= 15 is 0 Å². The Morgan fingerprint density at radius 2 is 2.07 bits per heavy atom. The van der Waals surface area contributed by atoms with E-state index < -0.39 is 11.9 Å². The van der Waals surface area contributed by atoms with Crippen LogP contribution in [0.1, 0.15) is 29.1 Å². The number of hydrogen-bond acceptors (Lipinski definition) is 5. The molecule has 0 saturated carbocycles. The van der Waals surface area contributed by atoms with Crippen molar-refractivity contribution in [1.82, 2.24) is 24.9 Å². The molecule has 4 rings (SSSR count). The Hall–Kier alpha value is -3.68. The van der Waals surface area contributed by atoms with Crippen molar-refractivity contribution >= 4 is 22.5 Å². The van der Waals surface area contributed by atoms with Gasteiger partial charge in [0.1, 0.15) is 11.3 Å². The summed E-state index contributed by atoms with van der Waals surface area (Å²) >= 11 is 0. The van der Waals surface area contributed by atoms with Crippen LogP contribution >= 0.6 is 0 Å². The van der Waals surface area contributed by atoms with Crippen LogP contribution in [0.25, 0.3) is 16.6 Å². The summed E-state index contributed by atoms with van der Waals surface area (Å²) in [5.41, 5.74) is 0.900. The van der Waals surface area contributed by atoms with Gasteiger partial charge < -0.3 is 15.0 Å². The van der Waals surface area contributed by atoms with Gasteiger partial charge in [-0.15, -0.1) is 10.2 Å². The van der Waals surface area contributed by atoms with E-state index in [2.05, 4.69) is 20.5 Å². The first kappa shape index (κ1) is 16.8. The Morgan fingerprint density at radius 3 is 2.89 bits per heavy atom. The lowest BCUT2D eigenvalue weighted by Gasteiger charge is -2.13. The van der Waals surface area contributed by atoms with Crippen LogP contribution in [0.15, 0.2) is 53.6 Å². The average molecular weight is 363 g/mol. The number of para-hydroxylation sites is 1. The fraction of sp³-hybridized carbons (Fsp3) is 0.158. The second-order valence-electron chi connectivity index (χ2n) is 6.10. The van der Waals surface area contributed by atoms with E-state index in [0.717, 1.165) is 0 Å². The summed E-state index contributed by atoms with van der Waals surface area (Å²) in [6.07, 6.45) is 3.22. The van der Waals surface area contributed by atoms with Crippen molar-refractivity contribution in [2.24, 2.45) is 0 Å². The van der Waals surface area contributed by atoms with Crippen molar-refractivity contribution in [1.29, 1.82) is 0 Å². The molecule has 1 atom stereocenters. The molecule has 1 aromatic carbocycles. The normalized spacial score (nSPS) is 12.2. The second kappa shape index (κ2) is 6.56. The number of ether oxygens (including phenoxy) is 1. The number of hydrogen-bond donors (Lipinski definition) is 2. The summed E-state index contributed by atoms with van der Waals surface area (Å²) in [6.45, 7) is 1.79. The maximum absolute atomic E-state index is 12.7. The van der Waals surface area contributed by atoms with Crippen LogP contribution in [-0.2, 0) is 0 Å². The molecular formula is C19H17N5O3. The lowest BCUT2D eigenvalue weighted by Crippen LogP contribution is -2.32. The molecule has 0 bridgehead atoms. The third-order valence-corrected chi connectivity index (χ3v) is 4.42. The smallest absolute Gasteiger partial charge is 0.257 e. The van der Waals surface area contributed by atoms with Crippen LogP contribution in [-0.4, -0.2) is 32.6 Å². The highest BCUT2D eigenvalue weighted by Crippen LogP contribution is 2.21. The molecule has 0 saturated heterocycles. The highest BCUT2D eigenvalue weighted by atomic mass is 16.5. The van der Waals surface area contributed by atoms with Gasteiger partial charge in [0.05, 0.1) is 24.1 Å². The molecule has 4 aromatic rings. The van der Waals surface area contributed by atoms with Crippen LogP contribution in [0.4, 0.5) is 0 Å². The molecule has 0 spiro atoms. The van der Waals surface area contributed by atoms with Crippen molar-refractivity contribution in [3.05, 3.63) is 70.4 Å². The first-order valence-corrected chi connectivity index (χ1v) is 8.39. The first-order valence-electron chi connectivity index (χ1n) is 8.39. The molecule has 0 aliphatic carbocycles. The number of methoxy groups -OCH3 is 1. The van der Waals surface area contributed by atoms with E-state index in [0.29, 0.717) is 28.1 Å². The van der Waals surface area contributed by atoms with Crippen LogP contribution in [0.2, 0.25) is 0 Å². The summed E-state index contributed by atoms with van der Waals surface area (Å²) in [5.74, 6) is 0.638. The molecule has 0 fully saturated rings. The van der Waals surface area contributed by atoms with E-state index in [4.69, 9.17) is 4.74 Å². The summed E-state index contributed by atoms with van der Waals surface area (Å²) in [7, 11) is 1.53. The number of aromatic amines is 1. The van der Waals surface area contributed by atoms with Gasteiger partial charge in [0.25, 0.3) is 5.91 Å². The number of benzene rings is 1. The first-order chi connectivity index (χ1) is 13.1. The minimum Gasteiger partial charge on any atom is -0.495 e. The fourth-order valence-electron chi connectivity index (χ4n) is 3.06. The molecule has 2 N–H and O–H groups in total. The predicted molar refractivity (Wildman–Crippen MR) is 100.0 cm³/mol. The van der Waals surface area contributed by atoms with Crippen LogP contribution in [0.5, 0.6) is 5.75 Å². The van der Waals surface area contributed by atoms with Crippen molar-refractivity contribution in [3.63, 3.8) is 0 Å². The molecule has 136 valence electrons. The standard InChI is InChI=1S/C19H17N5O3/c1-11(18-23-22-15-8-3-4-9-24(15)18)21-19(26)13-10-20-16-12(17(13)25)6-5-7-14(16)27-2/h3-11H,1-2H3,(H,20,25)(H,21,26). The van der Waals surface area contributed by atoms with Gasteiger partial charge in [-0.25, -0.2) is 0 Å². The molecule has 8 nitrogen and oxygen atoms in total. The van der Waals surface area contributed by atoms with Crippen molar-refractivity contribution in [3.8, 4) is 5.75 Å². The maximum Gasteiger partial charge on any atom is 0.257 e. The monoisotopic (exact) mass is 363 g/mol.